The summed E-state index contributed by atoms with van der Waals surface area (Å²) in [5.41, 5.74) is 3.37. The van der Waals surface area contributed by atoms with Gasteiger partial charge in [0.2, 0.25) is 5.91 Å². The first-order valence-electron chi connectivity index (χ1n) is 27.0. The highest BCUT2D eigenvalue weighted by Crippen LogP contribution is 2.37. The lowest BCUT2D eigenvalue weighted by Crippen LogP contribution is -2.69. The van der Waals surface area contributed by atoms with Crippen molar-refractivity contribution in [1.29, 1.82) is 0 Å². The average Bonchev–Trinajstić information content (AvgIpc) is 3.63. The van der Waals surface area contributed by atoms with Crippen LogP contribution in [0, 0.1) is 0 Å². The summed E-state index contributed by atoms with van der Waals surface area (Å²) in [7, 11) is 0. The second-order valence-electron chi connectivity index (χ2n) is 19.8. The molecule has 23 heteroatoms. The first-order valence-corrected chi connectivity index (χ1v) is 27.0. The van der Waals surface area contributed by atoms with Gasteiger partial charge in [0, 0.05) is 48.5 Å². The third-order valence-electron chi connectivity index (χ3n) is 13.1. The molecule has 3 saturated heterocycles. The summed E-state index contributed by atoms with van der Waals surface area (Å²) in [6.07, 6.45) is -19.8. The molecule has 0 unspecified atom stereocenters. The molecule has 0 saturated carbocycles. The minimum Gasteiger partial charge on any atom is -0.463 e. The van der Waals surface area contributed by atoms with Crippen molar-refractivity contribution in [3.05, 3.63) is 144 Å². The zero-order chi connectivity index (χ0) is 59.4. The Hall–Kier alpha value is -7.19. The Morgan fingerprint density at radius 2 is 0.723 bits per heavy atom. The van der Waals surface area contributed by atoms with Crippen molar-refractivity contribution in [2.75, 3.05) is 19.8 Å². The predicted octanol–water partition coefficient (Wildman–Crippen LogP) is 4.89. The number of amides is 1. The summed E-state index contributed by atoms with van der Waals surface area (Å²) in [5, 5.41) is 2.76. The highest BCUT2D eigenvalue weighted by atomic mass is 16.8. The molecule has 83 heavy (non-hydrogen) atoms. The molecule has 23 nitrogen and oxygen atoms in total. The molecule has 7 rings (SSSR count). The third-order valence-corrected chi connectivity index (χ3v) is 13.1. The van der Waals surface area contributed by atoms with E-state index in [-0.39, 0.29) is 26.4 Å². The molecule has 448 valence electrons. The highest BCUT2D eigenvalue weighted by Gasteiger charge is 2.58. The molecule has 3 heterocycles. The van der Waals surface area contributed by atoms with Gasteiger partial charge in [0.25, 0.3) is 0 Å². The van der Waals surface area contributed by atoms with E-state index < -0.39 is 154 Å². The maximum Gasteiger partial charge on any atom is 0.303 e. The number of carbonyl (C=O) groups excluding carboxylic acids is 7. The van der Waals surface area contributed by atoms with Crippen LogP contribution in [-0.4, -0.2) is 154 Å². The summed E-state index contributed by atoms with van der Waals surface area (Å²) in [6, 6.07) is 36.5. The Morgan fingerprint density at radius 1 is 0.349 bits per heavy atom. The quantitative estimate of drug-likeness (QED) is 0.0647. The van der Waals surface area contributed by atoms with Crippen LogP contribution in [0.1, 0.15) is 70.7 Å². The normalized spacial score (nSPS) is 27.7. The number of nitrogens with one attached hydrogen (secondary N) is 1. The topological polar surface area (TPSA) is 270 Å². The van der Waals surface area contributed by atoms with E-state index in [0.717, 1.165) is 63.8 Å². The number of hydrogen-bond donors (Lipinski definition) is 1. The first kappa shape index (κ1) is 63.4. The lowest BCUT2D eigenvalue weighted by Gasteiger charge is -2.49. The van der Waals surface area contributed by atoms with Crippen molar-refractivity contribution in [2.45, 2.75) is 167 Å². The van der Waals surface area contributed by atoms with Crippen LogP contribution in [0.3, 0.4) is 0 Å². The summed E-state index contributed by atoms with van der Waals surface area (Å²) in [5.74, 6) is -5.82. The zero-order valence-corrected chi connectivity index (χ0v) is 47.1. The van der Waals surface area contributed by atoms with Gasteiger partial charge in [-0.25, -0.2) is 0 Å². The van der Waals surface area contributed by atoms with Crippen LogP contribution in [0.25, 0.3) is 0 Å². The monoisotopic (exact) mass is 1160 g/mol. The number of ether oxygens (including phenoxy) is 15. The molecule has 0 spiro atoms. The van der Waals surface area contributed by atoms with Gasteiger partial charge in [-0.15, -0.1) is 0 Å². The predicted molar refractivity (Wildman–Crippen MR) is 286 cm³/mol. The Bertz CT molecular complexity index is 2720. The van der Waals surface area contributed by atoms with Gasteiger partial charge in [0.05, 0.1) is 33.0 Å². The minimum absolute atomic E-state index is 0.0726. The number of rotatable bonds is 26. The molecule has 3 aliphatic rings. The molecule has 0 aromatic heterocycles. The Balaban J connectivity index is 1.28. The van der Waals surface area contributed by atoms with E-state index in [1.165, 1.54) is 6.92 Å². The van der Waals surface area contributed by atoms with E-state index in [4.69, 9.17) is 71.1 Å². The van der Waals surface area contributed by atoms with Crippen molar-refractivity contribution >= 4 is 41.7 Å². The molecule has 0 aliphatic carbocycles. The zero-order valence-electron chi connectivity index (χ0n) is 47.1. The standard InChI is InChI=1S/C60H71NO22/c1-35(62)61-49-53(77-39(5)66)51(83-60-57(79-41(7)68)55(78-40(6)67)52(76-38(4)65)48(82-60)33-70-37(3)64)47(32-69-36(2)63)80-58(49)75-34-46-50(71-28-42-20-12-8-13-21-42)54(72-29-43-22-14-9-15-23-43)56(73-30-44-24-16-10-17-25-44)59(81-46)74-31-45-26-18-11-19-27-45/h8-27,46-60H,28-34H2,1-7H3,(H,61,62)/t46-,47-,48+,49+,50-,51-,52-,53+,54+,55-,56-,57+,58-,59-,60-/m1/s1. The molecule has 4 aromatic rings. The van der Waals surface area contributed by atoms with Crippen molar-refractivity contribution < 1.29 is 105 Å². The largest absolute Gasteiger partial charge is 0.463 e. The van der Waals surface area contributed by atoms with E-state index >= 15 is 0 Å². The molecule has 1 N–H and O–H groups in total. The maximum absolute atomic E-state index is 13.4. The van der Waals surface area contributed by atoms with Gasteiger partial charge in [0.1, 0.15) is 62.0 Å². The van der Waals surface area contributed by atoms with Crippen LogP contribution in [0.2, 0.25) is 0 Å². The molecule has 1 amide bonds. The third kappa shape index (κ3) is 19.2. The van der Waals surface area contributed by atoms with Gasteiger partial charge in [-0.3, -0.25) is 33.6 Å². The summed E-state index contributed by atoms with van der Waals surface area (Å²) < 4.78 is 93.9. The molecule has 4 aromatic carbocycles. The lowest BCUT2D eigenvalue weighted by molar-refractivity contribution is -0.358. The van der Waals surface area contributed by atoms with Gasteiger partial charge in [-0.1, -0.05) is 121 Å². The second-order valence-corrected chi connectivity index (χ2v) is 19.8. The lowest BCUT2D eigenvalue weighted by atomic mass is 9.94. The molecular weight excluding hydrogens is 1090 g/mol. The molecule has 3 aliphatic heterocycles. The number of esters is 6. The summed E-state index contributed by atoms with van der Waals surface area (Å²) in [6.45, 7) is 6.45. The fourth-order valence-corrected chi connectivity index (χ4v) is 9.67. The second kappa shape index (κ2) is 31.5. The Kier molecular flexibility index (Phi) is 24.0. The number of benzene rings is 4. The molecule has 3 fully saturated rings. The van der Waals surface area contributed by atoms with Gasteiger partial charge < -0.3 is 76.4 Å². The van der Waals surface area contributed by atoms with Gasteiger partial charge in [-0.2, -0.15) is 0 Å². The van der Waals surface area contributed by atoms with E-state index in [1.807, 2.05) is 121 Å². The van der Waals surface area contributed by atoms with Crippen LogP contribution < -0.4 is 5.32 Å². The number of hydrogen-bond acceptors (Lipinski definition) is 22. The van der Waals surface area contributed by atoms with E-state index in [0.29, 0.717) is 0 Å². The number of carbonyl (C=O) groups is 7. The van der Waals surface area contributed by atoms with Crippen molar-refractivity contribution in [3.63, 3.8) is 0 Å². The van der Waals surface area contributed by atoms with Crippen LogP contribution in [0.5, 0.6) is 0 Å². The van der Waals surface area contributed by atoms with Crippen LogP contribution in [0.15, 0.2) is 121 Å². The van der Waals surface area contributed by atoms with Crippen molar-refractivity contribution in [3.8, 4) is 0 Å². The van der Waals surface area contributed by atoms with E-state index in [2.05, 4.69) is 5.32 Å². The van der Waals surface area contributed by atoms with Gasteiger partial charge in [0.15, 0.2) is 43.3 Å². The van der Waals surface area contributed by atoms with Crippen molar-refractivity contribution in [2.24, 2.45) is 0 Å². The SMILES string of the molecule is CC(=O)N[C@@H]1[C@H](OC[C@H]2O[C@@H](OCc3ccccc3)[C@H](OCc3ccccc3)[C@@H](OCc3ccccc3)[C@@H]2OCc2ccccc2)O[C@H](COC(C)=O)[C@@H](O[C@H]2O[C@@H](COC(C)=O)[C@@H](OC(C)=O)[C@@H](OC(C)=O)[C@@H]2OC(C)=O)[C@H]1OC(C)=O. The first-order chi connectivity index (χ1) is 39.9. The van der Waals surface area contributed by atoms with Crippen LogP contribution in [-0.2, 0) is 131 Å². The van der Waals surface area contributed by atoms with Gasteiger partial charge in [-0.05, 0) is 22.3 Å². The van der Waals surface area contributed by atoms with Gasteiger partial charge >= 0.3 is 35.8 Å². The maximum atomic E-state index is 13.4. The molecular formula is C60H71NO22. The summed E-state index contributed by atoms with van der Waals surface area (Å²) >= 11 is 0. The molecule has 0 bridgehead atoms. The fraction of sp³-hybridized carbons (Fsp3) is 0.483. The average molecular weight is 1160 g/mol. The minimum atomic E-state index is -1.87. The summed E-state index contributed by atoms with van der Waals surface area (Å²) in [4.78, 5) is 89.5. The Morgan fingerprint density at radius 3 is 1.18 bits per heavy atom. The van der Waals surface area contributed by atoms with E-state index in [9.17, 15) is 33.6 Å². The highest BCUT2D eigenvalue weighted by molar-refractivity contribution is 5.73. The van der Waals surface area contributed by atoms with Crippen LogP contribution in [0.4, 0.5) is 0 Å². The smallest absolute Gasteiger partial charge is 0.303 e. The van der Waals surface area contributed by atoms with Crippen LogP contribution >= 0.6 is 0 Å². The molecule has 0 radical (unpaired) electrons. The van der Waals surface area contributed by atoms with E-state index in [1.54, 1.807) is 0 Å². The fourth-order valence-electron chi connectivity index (χ4n) is 9.67. The van der Waals surface area contributed by atoms with Crippen molar-refractivity contribution in [1.82, 2.24) is 5.32 Å². The Labute approximate surface area is 480 Å². The molecule has 15 atom stereocenters.